The van der Waals surface area contributed by atoms with Crippen LogP contribution in [-0.2, 0) is 9.53 Å². The van der Waals surface area contributed by atoms with E-state index in [1.807, 2.05) is 68.4 Å². The topological polar surface area (TPSA) is 48.7 Å². The van der Waals surface area contributed by atoms with E-state index < -0.39 is 5.97 Å². The Morgan fingerprint density at radius 3 is 2.63 bits per heavy atom. The molecule has 4 heteroatoms. The molecule has 0 amide bonds. The van der Waals surface area contributed by atoms with Crippen LogP contribution in [0.2, 0.25) is 0 Å². The van der Waals surface area contributed by atoms with E-state index in [1.165, 1.54) is 6.08 Å². The van der Waals surface area contributed by atoms with Crippen molar-refractivity contribution in [2.75, 3.05) is 13.2 Å². The molecule has 140 valence electrons. The molecular formula is C23H24O4. The van der Waals surface area contributed by atoms with E-state index in [4.69, 9.17) is 13.9 Å². The highest BCUT2D eigenvalue weighted by Crippen LogP contribution is 2.31. The maximum atomic E-state index is 11.3. The number of carbonyl (C=O) groups excluding carboxylic acids is 1. The van der Waals surface area contributed by atoms with Crippen molar-refractivity contribution in [3.8, 4) is 17.1 Å². The van der Waals surface area contributed by atoms with Gasteiger partial charge in [-0.2, -0.15) is 0 Å². The van der Waals surface area contributed by atoms with Crippen LogP contribution in [0.15, 0.2) is 71.7 Å². The highest BCUT2D eigenvalue weighted by atomic mass is 16.5. The molecule has 0 fully saturated rings. The zero-order chi connectivity index (χ0) is 19.3. The summed E-state index contributed by atoms with van der Waals surface area (Å²) in [6.45, 7) is 8.22. The predicted molar refractivity (Wildman–Crippen MR) is 107 cm³/mol. The zero-order valence-corrected chi connectivity index (χ0v) is 15.7. The molecule has 3 aromatic rings. The Kier molecular flexibility index (Phi) is 5.65. The number of hydrogen-bond acceptors (Lipinski definition) is 4. The van der Waals surface area contributed by atoms with Crippen LogP contribution in [0.4, 0.5) is 0 Å². The van der Waals surface area contributed by atoms with Gasteiger partial charge in [-0.15, -0.1) is 0 Å². The third-order valence-corrected chi connectivity index (χ3v) is 4.72. The van der Waals surface area contributed by atoms with E-state index in [0.717, 1.165) is 34.5 Å². The van der Waals surface area contributed by atoms with Gasteiger partial charge in [0.15, 0.2) is 0 Å². The van der Waals surface area contributed by atoms with Crippen molar-refractivity contribution in [3.05, 3.63) is 67.3 Å². The summed E-state index contributed by atoms with van der Waals surface area (Å²) in [5.74, 6) is 1.14. The lowest BCUT2D eigenvalue weighted by molar-refractivity contribution is -0.141. The van der Waals surface area contributed by atoms with Crippen molar-refractivity contribution < 1.29 is 18.7 Å². The maximum absolute atomic E-state index is 11.3. The number of rotatable bonds is 8. The molecular weight excluding hydrogens is 340 g/mol. The molecule has 4 nitrogen and oxygen atoms in total. The van der Waals surface area contributed by atoms with Crippen LogP contribution in [0, 0.1) is 5.41 Å². The van der Waals surface area contributed by atoms with Gasteiger partial charge in [0.2, 0.25) is 0 Å². The molecule has 0 N–H and O–H groups in total. The molecule has 1 atom stereocenters. The molecule has 27 heavy (non-hydrogen) atoms. The summed E-state index contributed by atoms with van der Waals surface area (Å²) in [7, 11) is 0. The van der Waals surface area contributed by atoms with Crippen LogP contribution in [0.1, 0.15) is 20.3 Å². The minimum absolute atomic E-state index is 0.272. The minimum Gasteiger partial charge on any atom is -0.493 e. The number of esters is 1. The van der Waals surface area contributed by atoms with E-state index in [9.17, 15) is 4.79 Å². The fourth-order valence-corrected chi connectivity index (χ4v) is 2.65. The summed E-state index contributed by atoms with van der Waals surface area (Å²) in [5.41, 5.74) is 1.55. The normalized spacial score (nSPS) is 13.1. The zero-order valence-electron chi connectivity index (χ0n) is 15.7. The van der Waals surface area contributed by atoms with Crippen molar-refractivity contribution >= 4 is 16.9 Å². The molecule has 1 aromatic heterocycles. The molecule has 1 heterocycles. The molecule has 0 aliphatic rings. The van der Waals surface area contributed by atoms with Gasteiger partial charge in [0.05, 0.1) is 6.61 Å². The molecule has 0 aliphatic carbocycles. The van der Waals surface area contributed by atoms with Gasteiger partial charge in [0.1, 0.15) is 23.7 Å². The van der Waals surface area contributed by atoms with Gasteiger partial charge in [0.25, 0.3) is 0 Å². The van der Waals surface area contributed by atoms with E-state index in [2.05, 4.69) is 6.58 Å². The Labute approximate surface area is 159 Å². The van der Waals surface area contributed by atoms with Gasteiger partial charge in [0, 0.05) is 28.5 Å². The first-order valence-electron chi connectivity index (χ1n) is 9.04. The third-order valence-electron chi connectivity index (χ3n) is 4.72. The van der Waals surface area contributed by atoms with E-state index >= 15 is 0 Å². The Balaban J connectivity index is 1.71. The maximum Gasteiger partial charge on any atom is 0.330 e. The Morgan fingerprint density at radius 2 is 1.93 bits per heavy atom. The molecule has 0 saturated carbocycles. The predicted octanol–water partition coefficient (Wildman–Crippen LogP) is 5.62. The monoisotopic (exact) mass is 364 g/mol. The van der Waals surface area contributed by atoms with Gasteiger partial charge >= 0.3 is 5.97 Å². The highest BCUT2D eigenvalue weighted by molar-refractivity contribution is 5.84. The van der Waals surface area contributed by atoms with Crippen molar-refractivity contribution in [1.29, 1.82) is 0 Å². The Hall–Kier alpha value is -3.01. The minimum atomic E-state index is -0.417. The van der Waals surface area contributed by atoms with E-state index in [-0.39, 0.29) is 12.0 Å². The largest absolute Gasteiger partial charge is 0.493 e. The first-order chi connectivity index (χ1) is 13.0. The number of fused-ring (bicyclic) bond motifs is 1. The summed E-state index contributed by atoms with van der Waals surface area (Å²) >= 11 is 0. The fourth-order valence-electron chi connectivity index (χ4n) is 2.65. The van der Waals surface area contributed by atoms with Crippen LogP contribution in [0.3, 0.4) is 0 Å². The smallest absolute Gasteiger partial charge is 0.330 e. The quantitative estimate of drug-likeness (QED) is 0.384. The van der Waals surface area contributed by atoms with Gasteiger partial charge in [-0.25, -0.2) is 4.79 Å². The molecule has 0 aliphatic heterocycles. The average molecular weight is 364 g/mol. The van der Waals surface area contributed by atoms with Crippen LogP contribution in [0.5, 0.6) is 5.75 Å². The van der Waals surface area contributed by atoms with Crippen molar-refractivity contribution in [2.24, 2.45) is 5.41 Å². The average Bonchev–Trinajstić information content (AvgIpc) is 3.14. The summed E-state index contributed by atoms with van der Waals surface area (Å²) < 4.78 is 17.2. The van der Waals surface area contributed by atoms with E-state index in [0.29, 0.717) is 6.61 Å². The second kappa shape index (κ2) is 8.12. The summed E-state index contributed by atoms with van der Waals surface area (Å²) in [6, 6.07) is 17.8. The lowest BCUT2D eigenvalue weighted by Gasteiger charge is -2.27. The summed E-state index contributed by atoms with van der Waals surface area (Å²) in [5, 5.41) is 1.03. The Morgan fingerprint density at radius 1 is 1.15 bits per heavy atom. The lowest BCUT2D eigenvalue weighted by Crippen LogP contribution is -2.30. The van der Waals surface area contributed by atoms with Gasteiger partial charge < -0.3 is 13.9 Å². The molecule has 0 saturated heterocycles. The fraction of sp³-hybridized carbons (Fsp3) is 0.261. The molecule has 0 spiro atoms. The molecule has 3 rings (SSSR count). The third kappa shape index (κ3) is 4.59. The van der Waals surface area contributed by atoms with Crippen molar-refractivity contribution in [2.45, 2.75) is 20.3 Å². The number of carbonyl (C=O) groups is 1. The second-order valence-corrected chi connectivity index (χ2v) is 6.94. The number of furan rings is 1. The number of ether oxygens (including phenoxy) is 2. The van der Waals surface area contributed by atoms with Crippen LogP contribution in [0.25, 0.3) is 22.3 Å². The van der Waals surface area contributed by atoms with Gasteiger partial charge in [-0.3, -0.25) is 0 Å². The van der Waals surface area contributed by atoms with Crippen LogP contribution >= 0.6 is 0 Å². The van der Waals surface area contributed by atoms with Gasteiger partial charge in [-0.05, 0) is 24.6 Å². The van der Waals surface area contributed by atoms with Crippen LogP contribution < -0.4 is 4.74 Å². The molecule has 0 radical (unpaired) electrons. The second-order valence-electron chi connectivity index (χ2n) is 6.94. The first-order valence-corrected chi connectivity index (χ1v) is 9.04. The van der Waals surface area contributed by atoms with Crippen molar-refractivity contribution in [3.63, 3.8) is 0 Å². The Bertz CT molecular complexity index is 926. The summed E-state index contributed by atoms with van der Waals surface area (Å²) in [6.07, 6.45) is 1.99. The van der Waals surface area contributed by atoms with Crippen LogP contribution in [-0.4, -0.2) is 19.2 Å². The van der Waals surface area contributed by atoms with Gasteiger partial charge in [-0.1, -0.05) is 50.8 Å². The molecule has 2 aromatic carbocycles. The number of benzene rings is 2. The standard InChI is InChI=1S/C23H24O4/c1-4-22(24)26-16-23(3,5-2)15-25-19-12-11-18-13-20(27-21(18)14-19)17-9-7-6-8-10-17/h4,6-14H,1,5,15-16H2,2-3H3. The first kappa shape index (κ1) is 18.8. The SMILES string of the molecule is C=CC(=O)OCC(C)(CC)COc1ccc2cc(-c3ccccc3)oc2c1. The highest BCUT2D eigenvalue weighted by Gasteiger charge is 2.25. The van der Waals surface area contributed by atoms with E-state index in [1.54, 1.807) is 0 Å². The summed E-state index contributed by atoms with van der Waals surface area (Å²) in [4.78, 5) is 11.3. The van der Waals surface area contributed by atoms with Crippen molar-refractivity contribution in [1.82, 2.24) is 0 Å². The lowest BCUT2D eigenvalue weighted by atomic mass is 9.90. The number of hydrogen-bond donors (Lipinski definition) is 0. The molecule has 1 unspecified atom stereocenters. The molecule has 0 bridgehead atoms.